The van der Waals surface area contributed by atoms with Crippen molar-refractivity contribution in [3.8, 4) is 0 Å². The molecule has 1 N–H and O–H groups in total. The maximum atomic E-state index is 4.85. The van der Waals surface area contributed by atoms with Gasteiger partial charge in [-0.25, -0.2) is 15.0 Å². The fourth-order valence-electron chi connectivity index (χ4n) is 3.33. The summed E-state index contributed by atoms with van der Waals surface area (Å²) in [4.78, 5) is 15.4. The Morgan fingerprint density at radius 1 is 1.12 bits per heavy atom. The molecule has 0 amide bonds. The van der Waals surface area contributed by atoms with E-state index in [1.165, 1.54) is 10.9 Å². The first kappa shape index (κ1) is 14.9. The molecule has 5 nitrogen and oxygen atoms in total. The molecule has 0 atom stereocenters. The largest absolute Gasteiger partial charge is 0.367 e. The van der Waals surface area contributed by atoms with Crippen molar-refractivity contribution >= 4 is 22.5 Å². The van der Waals surface area contributed by atoms with Gasteiger partial charge in [-0.15, -0.1) is 0 Å². The predicted octanol–water partition coefficient (Wildman–Crippen LogP) is 3.41. The molecule has 3 aromatic rings. The summed E-state index contributed by atoms with van der Waals surface area (Å²) in [5.74, 6) is 2.00. The highest BCUT2D eigenvalue weighted by Gasteiger charge is 2.20. The van der Waals surface area contributed by atoms with Crippen LogP contribution in [0.2, 0.25) is 0 Å². The molecule has 0 unspecified atom stereocenters. The number of aryl methyl sites for hydroxylation is 1. The molecule has 0 aliphatic carbocycles. The van der Waals surface area contributed by atoms with Crippen LogP contribution in [0.15, 0.2) is 48.9 Å². The van der Waals surface area contributed by atoms with Crippen molar-refractivity contribution < 1.29 is 0 Å². The lowest BCUT2D eigenvalue weighted by molar-refractivity contribution is 0.522. The topological polar surface area (TPSA) is 53.9 Å². The minimum atomic E-state index is 0.456. The Hall–Kier alpha value is -2.69. The smallest absolute Gasteiger partial charge is 0.129 e. The number of rotatable bonds is 3. The van der Waals surface area contributed by atoms with E-state index in [0.29, 0.717) is 6.04 Å². The number of anilines is 2. The van der Waals surface area contributed by atoms with Gasteiger partial charge in [0.1, 0.15) is 18.0 Å². The normalized spacial score (nSPS) is 15.6. The number of benzene rings is 1. The molecule has 1 fully saturated rings. The third-order valence-electron chi connectivity index (χ3n) is 4.66. The second-order valence-electron chi connectivity index (χ2n) is 6.31. The van der Waals surface area contributed by atoms with Gasteiger partial charge in [0, 0.05) is 30.7 Å². The average Bonchev–Trinajstić information content (AvgIpc) is 2.63. The first-order valence-electron chi connectivity index (χ1n) is 8.43. The summed E-state index contributed by atoms with van der Waals surface area (Å²) < 4.78 is 0. The van der Waals surface area contributed by atoms with E-state index in [0.717, 1.165) is 43.1 Å². The monoisotopic (exact) mass is 319 g/mol. The van der Waals surface area contributed by atoms with E-state index in [-0.39, 0.29) is 0 Å². The Kier molecular flexibility index (Phi) is 3.99. The lowest BCUT2D eigenvalue weighted by atomic mass is 10.0. The summed E-state index contributed by atoms with van der Waals surface area (Å²) in [7, 11) is 0. The van der Waals surface area contributed by atoms with Crippen LogP contribution in [0.1, 0.15) is 18.4 Å². The zero-order valence-corrected chi connectivity index (χ0v) is 13.8. The molecule has 1 aromatic carbocycles. The summed E-state index contributed by atoms with van der Waals surface area (Å²) >= 11 is 0. The van der Waals surface area contributed by atoms with Crippen molar-refractivity contribution in [1.29, 1.82) is 0 Å². The SMILES string of the molecule is Cc1cc(N2CCC(Nc3ccncn3)CC2)nc2ccccc12. The van der Waals surface area contributed by atoms with Crippen molar-refractivity contribution in [3.63, 3.8) is 0 Å². The van der Waals surface area contributed by atoms with Gasteiger partial charge in [-0.2, -0.15) is 0 Å². The summed E-state index contributed by atoms with van der Waals surface area (Å²) in [6.45, 7) is 4.18. The third kappa shape index (κ3) is 3.02. The van der Waals surface area contributed by atoms with Gasteiger partial charge in [-0.3, -0.25) is 0 Å². The fraction of sp³-hybridized carbons (Fsp3) is 0.316. The fourth-order valence-corrected chi connectivity index (χ4v) is 3.33. The van der Waals surface area contributed by atoms with Crippen LogP contribution >= 0.6 is 0 Å². The highest BCUT2D eigenvalue weighted by molar-refractivity contribution is 5.83. The Morgan fingerprint density at radius 3 is 2.75 bits per heavy atom. The minimum Gasteiger partial charge on any atom is -0.367 e. The van der Waals surface area contributed by atoms with Gasteiger partial charge in [0.05, 0.1) is 5.52 Å². The molecule has 1 aliphatic rings. The Morgan fingerprint density at radius 2 is 1.96 bits per heavy atom. The zero-order chi connectivity index (χ0) is 16.4. The molecule has 122 valence electrons. The van der Waals surface area contributed by atoms with Crippen molar-refractivity contribution in [2.24, 2.45) is 0 Å². The molecular weight excluding hydrogens is 298 g/mol. The second-order valence-corrected chi connectivity index (χ2v) is 6.31. The van der Waals surface area contributed by atoms with Crippen LogP contribution in [0.3, 0.4) is 0 Å². The number of aromatic nitrogens is 3. The molecule has 5 heteroatoms. The molecule has 4 rings (SSSR count). The van der Waals surface area contributed by atoms with E-state index in [2.05, 4.69) is 57.4 Å². The number of hydrogen-bond donors (Lipinski definition) is 1. The first-order chi connectivity index (χ1) is 11.8. The standard InChI is InChI=1S/C19H21N5/c1-14-12-19(23-17-5-3-2-4-16(14)17)24-10-7-15(8-11-24)22-18-6-9-20-13-21-18/h2-6,9,12-13,15H,7-8,10-11H2,1H3,(H,20,21,22). The Labute approximate surface area is 141 Å². The number of piperidine rings is 1. The van der Waals surface area contributed by atoms with Crippen LogP contribution in [0.25, 0.3) is 10.9 Å². The molecule has 0 spiro atoms. The molecule has 1 aliphatic heterocycles. The Balaban J connectivity index is 1.46. The van der Waals surface area contributed by atoms with Gasteiger partial charge in [-0.1, -0.05) is 18.2 Å². The predicted molar refractivity (Wildman–Crippen MR) is 97.4 cm³/mol. The lowest BCUT2D eigenvalue weighted by Gasteiger charge is -2.33. The zero-order valence-electron chi connectivity index (χ0n) is 13.8. The van der Waals surface area contributed by atoms with Crippen LogP contribution in [0.4, 0.5) is 11.6 Å². The number of hydrogen-bond acceptors (Lipinski definition) is 5. The van der Waals surface area contributed by atoms with E-state index in [4.69, 9.17) is 4.98 Å². The van der Waals surface area contributed by atoms with Gasteiger partial charge in [0.25, 0.3) is 0 Å². The van der Waals surface area contributed by atoms with E-state index in [1.54, 1.807) is 12.5 Å². The number of para-hydroxylation sites is 1. The third-order valence-corrected chi connectivity index (χ3v) is 4.66. The van der Waals surface area contributed by atoms with Crippen LogP contribution in [-0.2, 0) is 0 Å². The quantitative estimate of drug-likeness (QED) is 0.802. The summed E-state index contributed by atoms with van der Waals surface area (Å²) in [6, 6.07) is 12.9. The maximum Gasteiger partial charge on any atom is 0.129 e. The van der Waals surface area contributed by atoms with Crippen molar-refractivity contribution in [2.75, 3.05) is 23.3 Å². The Bertz CT molecular complexity index is 826. The molecule has 0 saturated carbocycles. The number of pyridine rings is 1. The summed E-state index contributed by atoms with van der Waals surface area (Å²) in [6.07, 6.45) is 5.51. The van der Waals surface area contributed by atoms with E-state index < -0.39 is 0 Å². The number of nitrogens with one attached hydrogen (secondary N) is 1. The van der Waals surface area contributed by atoms with Crippen LogP contribution in [0.5, 0.6) is 0 Å². The maximum absolute atomic E-state index is 4.85. The summed E-state index contributed by atoms with van der Waals surface area (Å²) in [5.41, 5.74) is 2.37. The van der Waals surface area contributed by atoms with Gasteiger partial charge < -0.3 is 10.2 Å². The summed E-state index contributed by atoms with van der Waals surface area (Å²) in [5, 5.41) is 4.73. The molecule has 0 bridgehead atoms. The van der Waals surface area contributed by atoms with E-state index >= 15 is 0 Å². The van der Waals surface area contributed by atoms with Crippen LogP contribution in [-0.4, -0.2) is 34.1 Å². The molecule has 2 aromatic heterocycles. The van der Waals surface area contributed by atoms with Gasteiger partial charge >= 0.3 is 0 Å². The van der Waals surface area contributed by atoms with Crippen molar-refractivity contribution in [1.82, 2.24) is 15.0 Å². The highest BCUT2D eigenvalue weighted by atomic mass is 15.2. The first-order valence-corrected chi connectivity index (χ1v) is 8.43. The van der Waals surface area contributed by atoms with Gasteiger partial charge in [0.2, 0.25) is 0 Å². The number of nitrogens with zero attached hydrogens (tertiary/aromatic N) is 4. The van der Waals surface area contributed by atoms with Crippen molar-refractivity contribution in [2.45, 2.75) is 25.8 Å². The van der Waals surface area contributed by atoms with Gasteiger partial charge in [-0.05, 0) is 43.5 Å². The van der Waals surface area contributed by atoms with Crippen LogP contribution in [0, 0.1) is 6.92 Å². The van der Waals surface area contributed by atoms with Gasteiger partial charge in [0.15, 0.2) is 0 Å². The average molecular weight is 319 g/mol. The molecular formula is C19H21N5. The molecule has 3 heterocycles. The molecule has 0 radical (unpaired) electrons. The molecule has 24 heavy (non-hydrogen) atoms. The van der Waals surface area contributed by atoms with E-state index in [9.17, 15) is 0 Å². The van der Waals surface area contributed by atoms with E-state index in [1.807, 2.05) is 6.07 Å². The minimum absolute atomic E-state index is 0.456. The lowest BCUT2D eigenvalue weighted by Crippen LogP contribution is -2.39. The highest BCUT2D eigenvalue weighted by Crippen LogP contribution is 2.25. The second kappa shape index (κ2) is 6.43. The molecule has 1 saturated heterocycles. The van der Waals surface area contributed by atoms with Crippen LogP contribution < -0.4 is 10.2 Å². The van der Waals surface area contributed by atoms with Crippen molar-refractivity contribution in [3.05, 3.63) is 54.5 Å². The number of fused-ring (bicyclic) bond motifs is 1.